The smallest absolute Gasteiger partial charge is 0.339 e. The highest BCUT2D eigenvalue weighted by molar-refractivity contribution is 6.02. The van der Waals surface area contributed by atoms with Crippen molar-refractivity contribution in [1.29, 1.82) is 0 Å². The van der Waals surface area contributed by atoms with Crippen molar-refractivity contribution in [2.45, 2.75) is 18.9 Å². The zero-order chi connectivity index (χ0) is 13.0. The van der Waals surface area contributed by atoms with Gasteiger partial charge >= 0.3 is 11.9 Å². The number of carbonyl (C=O) groups is 2. The maximum atomic E-state index is 11.9. The Kier molecular flexibility index (Phi) is 3.94. The van der Waals surface area contributed by atoms with Crippen LogP contribution in [0.2, 0.25) is 0 Å². The summed E-state index contributed by atoms with van der Waals surface area (Å²) in [5.41, 5.74) is 0.0850. The molecule has 2 rings (SSSR count). The van der Waals surface area contributed by atoms with Crippen LogP contribution in [0.25, 0.3) is 0 Å². The van der Waals surface area contributed by atoms with Gasteiger partial charge in [-0.2, -0.15) is 0 Å². The number of esters is 1. The van der Waals surface area contributed by atoms with Crippen molar-refractivity contribution >= 4 is 11.9 Å². The molecule has 0 bridgehead atoms. The summed E-state index contributed by atoms with van der Waals surface area (Å²) in [6.07, 6.45) is 1.60. The van der Waals surface area contributed by atoms with Gasteiger partial charge in [0.1, 0.15) is 6.10 Å². The van der Waals surface area contributed by atoms with Crippen molar-refractivity contribution in [2.75, 3.05) is 13.1 Å². The Labute approximate surface area is 105 Å². The number of piperidine rings is 1. The number of hydrogen-bond acceptors (Lipinski definition) is 4. The summed E-state index contributed by atoms with van der Waals surface area (Å²) in [5.74, 6) is -1.69. The molecule has 1 atom stereocenters. The highest BCUT2D eigenvalue weighted by atomic mass is 16.5. The second-order valence-corrected chi connectivity index (χ2v) is 4.22. The maximum Gasteiger partial charge on any atom is 0.339 e. The first-order chi connectivity index (χ1) is 8.68. The van der Waals surface area contributed by atoms with Crippen LogP contribution in [0.3, 0.4) is 0 Å². The van der Waals surface area contributed by atoms with Gasteiger partial charge in [-0.25, -0.2) is 9.59 Å². The number of carbonyl (C=O) groups excluding carboxylic acids is 1. The number of ether oxygens (including phenoxy) is 1. The average molecular weight is 249 g/mol. The van der Waals surface area contributed by atoms with E-state index in [0.29, 0.717) is 6.54 Å². The average Bonchev–Trinajstić information content (AvgIpc) is 2.40. The predicted octanol–water partition coefficient (Wildman–Crippen LogP) is 1.29. The first-order valence-corrected chi connectivity index (χ1v) is 5.92. The summed E-state index contributed by atoms with van der Waals surface area (Å²) in [5, 5.41) is 12.1. The molecule has 0 aromatic heterocycles. The Balaban J connectivity index is 2.10. The van der Waals surface area contributed by atoms with Crippen molar-refractivity contribution in [3.63, 3.8) is 0 Å². The van der Waals surface area contributed by atoms with Gasteiger partial charge in [0, 0.05) is 6.54 Å². The molecule has 1 aromatic carbocycles. The van der Waals surface area contributed by atoms with Crippen LogP contribution in [0.4, 0.5) is 0 Å². The third-order valence-corrected chi connectivity index (χ3v) is 2.90. The van der Waals surface area contributed by atoms with Crippen molar-refractivity contribution in [3.8, 4) is 0 Å². The lowest BCUT2D eigenvalue weighted by Crippen LogP contribution is -2.36. The fraction of sp³-hybridized carbons (Fsp3) is 0.385. The lowest BCUT2D eigenvalue weighted by molar-refractivity contribution is 0.0241. The van der Waals surface area contributed by atoms with Crippen molar-refractivity contribution in [1.82, 2.24) is 5.32 Å². The summed E-state index contributed by atoms with van der Waals surface area (Å²) >= 11 is 0. The lowest BCUT2D eigenvalue weighted by atomic mass is 10.1. The van der Waals surface area contributed by atoms with E-state index in [1.807, 2.05) is 0 Å². The Bertz CT molecular complexity index is 452. The number of carboxylic acids is 1. The van der Waals surface area contributed by atoms with Gasteiger partial charge < -0.3 is 15.2 Å². The summed E-state index contributed by atoms with van der Waals surface area (Å²) in [6, 6.07) is 6.09. The van der Waals surface area contributed by atoms with Crippen LogP contribution in [-0.4, -0.2) is 36.2 Å². The number of hydrogen-bond donors (Lipinski definition) is 2. The summed E-state index contributed by atoms with van der Waals surface area (Å²) in [4.78, 5) is 22.9. The second kappa shape index (κ2) is 5.64. The highest BCUT2D eigenvalue weighted by Gasteiger charge is 2.22. The van der Waals surface area contributed by atoms with E-state index in [4.69, 9.17) is 9.84 Å². The van der Waals surface area contributed by atoms with E-state index < -0.39 is 11.9 Å². The van der Waals surface area contributed by atoms with Crippen LogP contribution in [0.1, 0.15) is 33.6 Å². The molecular weight excluding hydrogens is 234 g/mol. The van der Waals surface area contributed by atoms with Crippen molar-refractivity contribution in [2.24, 2.45) is 0 Å². The maximum absolute atomic E-state index is 11.9. The van der Waals surface area contributed by atoms with Crippen LogP contribution in [0, 0.1) is 0 Å². The predicted molar refractivity (Wildman–Crippen MR) is 64.7 cm³/mol. The van der Waals surface area contributed by atoms with E-state index in [1.54, 1.807) is 12.1 Å². The Morgan fingerprint density at radius 2 is 2.00 bits per heavy atom. The fourth-order valence-electron chi connectivity index (χ4n) is 1.98. The van der Waals surface area contributed by atoms with Gasteiger partial charge in [-0.1, -0.05) is 12.1 Å². The molecule has 1 aliphatic heterocycles. The molecule has 1 fully saturated rings. The molecule has 96 valence electrons. The largest absolute Gasteiger partial charge is 0.478 e. The highest BCUT2D eigenvalue weighted by Crippen LogP contribution is 2.14. The van der Waals surface area contributed by atoms with Gasteiger partial charge in [-0.05, 0) is 31.5 Å². The molecule has 18 heavy (non-hydrogen) atoms. The quantitative estimate of drug-likeness (QED) is 0.789. The third-order valence-electron chi connectivity index (χ3n) is 2.90. The van der Waals surface area contributed by atoms with Gasteiger partial charge in [0.05, 0.1) is 11.1 Å². The standard InChI is InChI=1S/C13H15NO4/c15-12(16)10-5-1-2-6-11(10)13(17)18-9-4-3-7-14-8-9/h1-2,5-6,9,14H,3-4,7-8H2,(H,15,16). The molecule has 1 aromatic rings. The molecule has 0 amide bonds. The van der Waals surface area contributed by atoms with Crippen LogP contribution in [0.15, 0.2) is 24.3 Å². The molecule has 0 radical (unpaired) electrons. The second-order valence-electron chi connectivity index (χ2n) is 4.22. The monoisotopic (exact) mass is 249 g/mol. The van der Waals surface area contributed by atoms with Crippen molar-refractivity contribution < 1.29 is 19.4 Å². The molecule has 2 N–H and O–H groups in total. The van der Waals surface area contributed by atoms with Crippen molar-refractivity contribution in [3.05, 3.63) is 35.4 Å². The zero-order valence-corrected chi connectivity index (χ0v) is 9.89. The molecule has 1 heterocycles. The Hall–Kier alpha value is -1.88. The van der Waals surface area contributed by atoms with Gasteiger partial charge in [-0.15, -0.1) is 0 Å². The van der Waals surface area contributed by atoms with Crippen LogP contribution in [-0.2, 0) is 4.74 Å². The molecule has 1 aliphatic rings. The van der Waals surface area contributed by atoms with Crippen LogP contribution in [0.5, 0.6) is 0 Å². The van der Waals surface area contributed by atoms with Gasteiger partial charge in [0.15, 0.2) is 0 Å². The number of benzene rings is 1. The minimum Gasteiger partial charge on any atom is -0.478 e. The van der Waals surface area contributed by atoms with Gasteiger partial charge in [0.2, 0.25) is 0 Å². The minimum atomic E-state index is -1.12. The Morgan fingerprint density at radius 3 is 2.61 bits per heavy atom. The molecule has 0 aliphatic carbocycles. The molecule has 0 saturated carbocycles. The molecule has 1 unspecified atom stereocenters. The van der Waals surface area contributed by atoms with E-state index in [0.717, 1.165) is 19.4 Å². The first kappa shape index (κ1) is 12.6. The Morgan fingerprint density at radius 1 is 1.28 bits per heavy atom. The zero-order valence-electron chi connectivity index (χ0n) is 9.89. The van der Waals surface area contributed by atoms with Crippen LogP contribution < -0.4 is 5.32 Å². The molecular formula is C13H15NO4. The normalized spacial score (nSPS) is 19.2. The topological polar surface area (TPSA) is 75.6 Å². The number of aromatic carboxylic acids is 1. The molecule has 0 spiro atoms. The number of nitrogens with one attached hydrogen (secondary N) is 1. The fourth-order valence-corrected chi connectivity index (χ4v) is 1.98. The van der Waals surface area contributed by atoms with Gasteiger partial charge in [-0.3, -0.25) is 0 Å². The van der Waals surface area contributed by atoms with E-state index in [-0.39, 0.29) is 17.2 Å². The third kappa shape index (κ3) is 2.87. The molecule has 5 heteroatoms. The van der Waals surface area contributed by atoms with E-state index in [9.17, 15) is 9.59 Å². The molecule has 1 saturated heterocycles. The minimum absolute atomic E-state index is 0.0220. The first-order valence-electron chi connectivity index (χ1n) is 5.92. The van der Waals surface area contributed by atoms with Gasteiger partial charge in [0.25, 0.3) is 0 Å². The SMILES string of the molecule is O=C(O)c1ccccc1C(=O)OC1CCCNC1. The molecule has 5 nitrogen and oxygen atoms in total. The van der Waals surface area contributed by atoms with E-state index in [2.05, 4.69) is 5.32 Å². The van der Waals surface area contributed by atoms with Crippen LogP contribution >= 0.6 is 0 Å². The number of rotatable bonds is 3. The lowest BCUT2D eigenvalue weighted by Gasteiger charge is -2.23. The summed E-state index contributed by atoms with van der Waals surface area (Å²) in [7, 11) is 0. The summed E-state index contributed by atoms with van der Waals surface area (Å²) < 4.78 is 5.30. The number of carboxylic acid groups (broad SMARTS) is 1. The summed E-state index contributed by atoms with van der Waals surface area (Å²) in [6.45, 7) is 1.56. The van der Waals surface area contributed by atoms with E-state index >= 15 is 0 Å². The van der Waals surface area contributed by atoms with E-state index in [1.165, 1.54) is 12.1 Å².